The quantitative estimate of drug-likeness (QED) is 0.633. The van der Waals surface area contributed by atoms with Crippen LogP contribution in [0.15, 0.2) is 23.5 Å². The van der Waals surface area contributed by atoms with E-state index >= 15 is 0 Å². The number of aryl methyl sites for hydroxylation is 1. The summed E-state index contributed by atoms with van der Waals surface area (Å²) in [5.41, 5.74) is 2.70. The number of rotatable bonds is 3. The molecule has 0 amide bonds. The van der Waals surface area contributed by atoms with E-state index in [1.165, 1.54) is 0 Å². The molecule has 98 valence electrons. The number of aromatic nitrogens is 2. The second kappa shape index (κ2) is 7.18. The summed E-state index contributed by atoms with van der Waals surface area (Å²) < 4.78 is 6.53. The lowest BCUT2D eigenvalue weighted by Gasteiger charge is -2.00. The zero-order valence-corrected chi connectivity index (χ0v) is 12.0. The van der Waals surface area contributed by atoms with E-state index < -0.39 is 0 Å². The summed E-state index contributed by atoms with van der Waals surface area (Å²) in [6, 6.07) is 1.88. The van der Waals surface area contributed by atoms with Crippen LogP contribution in [-0.4, -0.2) is 35.6 Å². The molecule has 0 saturated heterocycles. The average Bonchev–Trinajstić information content (AvgIpc) is 2.76. The number of ether oxygens (including phenoxy) is 1. The number of methoxy groups -OCH3 is 1. The van der Waals surface area contributed by atoms with Gasteiger partial charge in [-0.3, -0.25) is 4.79 Å². The number of thioether (sulfide) groups is 1. The van der Waals surface area contributed by atoms with Crippen LogP contribution in [0.2, 0.25) is 0 Å². The summed E-state index contributed by atoms with van der Waals surface area (Å²) in [5.74, 6) is 0. The molecule has 5 heteroatoms. The molecule has 0 aliphatic heterocycles. The molecule has 0 aliphatic rings. The van der Waals surface area contributed by atoms with Crippen LogP contribution >= 0.6 is 11.8 Å². The maximum absolute atomic E-state index is 10.8. The molecule has 0 N–H and O–H groups in total. The van der Waals surface area contributed by atoms with E-state index in [2.05, 4.69) is 9.72 Å². The van der Waals surface area contributed by atoms with E-state index in [0.717, 1.165) is 34.7 Å². The molecule has 2 heterocycles. The summed E-state index contributed by atoms with van der Waals surface area (Å²) in [6.45, 7) is 4.71. The smallest absolute Gasteiger partial charge is 0.151 e. The standard InChI is InChI=1S/C10H10N2OS.C3H8O/c1-7-8(6-13)5-9-10(14-2)11-3-4-12(7)9;1-3-4-2/h3-6H,1-2H3;3H2,1-2H3. The van der Waals surface area contributed by atoms with E-state index in [4.69, 9.17) is 0 Å². The molecular weight excluding hydrogens is 248 g/mol. The highest BCUT2D eigenvalue weighted by Gasteiger charge is 2.08. The van der Waals surface area contributed by atoms with Gasteiger partial charge in [-0.25, -0.2) is 4.98 Å². The van der Waals surface area contributed by atoms with Gasteiger partial charge in [0, 0.05) is 37.4 Å². The number of hydrogen-bond donors (Lipinski definition) is 0. The molecule has 18 heavy (non-hydrogen) atoms. The van der Waals surface area contributed by atoms with Gasteiger partial charge in [-0.2, -0.15) is 0 Å². The van der Waals surface area contributed by atoms with Crippen LogP contribution < -0.4 is 0 Å². The molecule has 4 nitrogen and oxygen atoms in total. The third kappa shape index (κ3) is 3.11. The highest BCUT2D eigenvalue weighted by Crippen LogP contribution is 2.22. The van der Waals surface area contributed by atoms with Gasteiger partial charge < -0.3 is 9.14 Å². The Morgan fingerprint density at radius 3 is 2.72 bits per heavy atom. The van der Waals surface area contributed by atoms with Crippen molar-refractivity contribution < 1.29 is 9.53 Å². The Hall–Kier alpha value is -1.33. The second-order valence-electron chi connectivity index (χ2n) is 3.57. The lowest BCUT2D eigenvalue weighted by atomic mass is 10.3. The van der Waals surface area contributed by atoms with Gasteiger partial charge in [0.1, 0.15) is 5.03 Å². The fourth-order valence-corrected chi connectivity index (χ4v) is 2.04. The monoisotopic (exact) mass is 266 g/mol. The van der Waals surface area contributed by atoms with Gasteiger partial charge in [0.15, 0.2) is 6.29 Å². The highest BCUT2D eigenvalue weighted by atomic mass is 32.2. The van der Waals surface area contributed by atoms with Gasteiger partial charge in [0.2, 0.25) is 0 Å². The Morgan fingerprint density at radius 2 is 2.22 bits per heavy atom. The maximum Gasteiger partial charge on any atom is 0.151 e. The van der Waals surface area contributed by atoms with Crippen molar-refractivity contribution in [3.05, 3.63) is 29.7 Å². The SMILES string of the molecule is CCOC.CSc1nccn2c(C)c(C=O)cc12. The molecule has 0 radical (unpaired) electrons. The number of aldehydes is 1. The third-order valence-corrected chi connectivity index (χ3v) is 3.27. The van der Waals surface area contributed by atoms with E-state index in [1.54, 1.807) is 25.1 Å². The Labute approximate surface area is 111 Å². The minimum Gasteiger partial charge on any atom is -0.385 e. The lowest BCUT2D eigenvalue weighted by molar-refractivity contribution is 0.112. The highest BCUT2D eigenvalue weighted by molar-refractivity contribution is 7.98. The van der Waals surface area contributed by atoms with Crippen LogP contribution in [-0.2, 0) is 4.74 Å². The Balaban J connectivity index is 0.000000357. The molecule has 0 saturated carbocycles. The zero-order chi connectivity index (χ0) is 13.5. The topological polar surface area (TPSA) is 43.6 Å². The summed E-state index contributed by atoms with van der Waals surface area (Å²) in [6.07, 6.45) is 6.48. The number of fused-ring (bicyclic) bond motifs is 1. The molecule has 0 unspecified atom stereocenters. The molecule has 0 aromatic carbocycles. The average molecular weight is 266 g/mol. The lowest BCUT2D eigenvalue weighted by Crippen LogP contribution is -1.90. The van der Waals surface area contributed by atoms with Crippen molar-refractivity contribution in [1.29, 1.82) is 0 Å². The van der Waals surface area contributed by atoms with Gasteiger partial charge in [0.05, 0.1) is 5.52 Å². The summed E-state index contributed by atoms with van der Waals surface area (Å²) in [4.78, 5) is 15.0. The zero-order valence-electron chi connectivity index (χ0n) is 11.1. The van der Waals surface area contributed by atoms with E-state index in [1.807, 2.05) is 36.8 Å². The van der Waals surface area contributed by atoms with Crippen LogP contribution in [0.5, 0.6) is 0 Å². The predicted molar refractivity (Wildman–Crippen MR) is 74.6 cm³/mol. The fraction of sp³-hybridized carbons (Fsp3) is 0.385. The van der Waals surface area contributed by atoms with Gasteiger partial charge in [-0.05, 0) is 26.2 Å². The first kappa shape index (κ1) is 14.7. The summed E-state index contributed by atoms with van der Waals surface area (Å²) in [7, 11) is 1.68. The summed E-state index contributed by atoms with van der Waals surface area (Å²) >= 11 is 1.58. The maximum atomic E-state index is 10.8. The molecule has 2 aromatic heterocycles. The predicted octanol–water partition coefficient (Wildman–Crippen LogP) is 2.83. The molecule has 2 aromatic rings. The van der Waals surface area contributed by atoms with Gasteiger partial charge in [-0.15, -0.1) is 11.8 Å². The van der Waals surface area contributed by atoms with Crippen LogP contribution in [0.1, 0.15) is 23.0 Å². The van der Waals surface area contributed by atoms with Crippen LogP contribution in [0.3, 0.4) is 0 Å². The fourth-order valence-electron chi connectivity index (χ4n) is 1.51. The number of nitrogens with zero attached hydrogens (tertiary/aromatic N) is 2. The van der Waals surface area contributed by atoms with Crippen molar-refractivity contribution in [2.75, 3.05) is 20.0 Å². The number of hydrogen-bond acceptors (Lipinski definition) is 4. The van der Waals surface area contributed by atoms with Crippen molar-refractivity contribution in [3.8, 4) is 0 Å². The van der Waals surface area contributed by atoms with Crippen molar-refractivity contribution in [2.45, 2.75) is 18.9 Å². The molecule has 0 atom stereocenters. The normalized spacial score (nSPS) is 10.0. The Kier molecular flexibility index (Phi) is 5.88. The molecule has 0 aliphatic carbocycles. The van der Waals surface area contributed by atoms with Crippen LogP contribution in [0, 0.1) is 6.92 Å². The first-order valence-electron chi connectivity index (χ1n) is 5.64. The van der Waals surface area contributed by atoms with Crippen molar-refractivity contribution in [3.63, 3.8) is 0 Å². The molecule has 0 fully saturated rings. The first-order valence-corrected chi connectivity index (χ1v) is 6.86. The number of carbonyl (C=O) groups excluding carboxylic acids is 1. The summed E-state index contributed by atoms with van der Waals surface area (Å²) in [5, 5.41) is 0.948. The van der Waals surface area contributed by atoms with E-state index in [0.29, 0.717) is 0 Å². The number of carbonyl (C=O) groups is 1. The van der Waals surface area contributed by atoms with Crippen molar-refractivity contribution >= 4 is 23.6 Å². The van der Waals surface area contributed by atoms with E-state index in [9.17, 15) is 4.79 Å². The minimum absolute atomic E-state index is 0.730. The van der Waals surface area contributed by atoms with Crippen LogP contribution in [0.25, 0.3) is 5.52 Å². The third-order valence-electron chi connectivity index (χ3n) is 2.57. The molecule has 0 bridgehead atoms. The second-order valence-corrected chi connectivity index (χ2v) is 4.37. The van der Waals surface area contributed by atoms with Crippen molar-refractivity contribution in [1.82, 2.24) is 9.38 Å². The van der Waals surface area contributed by atoms with E-state index in [-0.39, 0.29) is 0 Å². The minimum atomic E-state index is 0.730. The van der Waals surface area contributed by atoms with Crippen molar-refractivity contribution in [2.24, 2.45) is 0 Å². The molecule has 0 spiro atoms. The Bertz CT molecular complexity index is 521. The molecule has 2 rings (SSSR count). The van der Waals surface area contributed by atoms with Crippen LogP contribution in [0.4, 0.5) is 0 Å². The molecular formula is C13H18N2O2S. The Morgan fingerprint density at radius 1 is 1.56 bits per heavy atom. The van der Waals surface area contributed by atoms with Gasteiger partial charge in [0.25, 0.3) is 0 Å². The largest absolute Gasteiger partial charge is 0.385 e. The van der Waals surface area contributed by atoms with Gasteiger partial charge >= 0.3 is 0 Å². The van der Waals surface area contributed by atoms with Gasteiger partial charge in [-0.1, -0.05) is 0 Å². The first-order chi connectivity index (χ1) is 8.69.